The molecule has 0 fully saturated rings. The first kappa shape index (κ1) is 20.4. The van der Waals surface area contributed by atoms with Gasteiger partial charge in [0.1, 0.15) is 17.2 Å². The normalized spacial score (nSPS) is 11.3. The summed E-state index contributed by atoms with van der Waals surface area (Å²) in [5.41, 5.74) is 2.53. The minimum absolute atomic E-state index is 0.0290. The van der Waals surface area contributed by atoms with Crippen LogP contribution < -0.4 is 19.5 Å². The zero-order chi connectivity index (χ0) is 20.0. The van der Waals surface area contributed by atoms with E-state index in [0.29, 0.717) is 22.9 Å². The fraction of sp³-hybridized carbons (Fsp3) is 0.318. The van der Waals surface area contributed by atoms with E-state index in [1.165, 1.54) is 6.08 Å². The Morgan fingerprint density at radius 1 is 0.926 bits per heavy atom. The van der Waals surface area contributed by atoms with E-state index in [-0.39, 0.29) is 11.3 Å². The molecule has 0 saturated heterocycles. The number of ether oxygens (including phenoxy) is 3. The quantitative estimate of drug-likeness (QED) is 0.752. The van der Waals surface area contributed by atoms with Crippen LogP contribution in [-0.4, -0.2) is 27.2 Å². The Bertz CT molecular complexity index is 812. The van der Waals surface area contributed by atoms with Crippen molar-refractivity contribution in [2.45, 2.75) is 26.2 Å². The molecule has 0 bridgehead atoms. The second kappa shape index (κ2) is 8.62. The molecule has 2 rings (SSSR count). The molecule has 0 heterocycles. The first-order chi connectivity index (χ1) is 12.8. The number of methoxy groups -OCH3 is 3. The topological polar surface area (TPSA) is 56.8 Å². The van der Waals surface area contributed by atoms with Crippen molar-refractivity contribution in [2.75, 3.05) is 26.6 Å². The highest BCUT2D eigenvalue weighted by Gasteiger charge is 2.16. The molecule has 0 aliphatic carbocycles. The highest BCUT2D eigenvalue weighted by atomic mass is 16.5. The lowest BCUT2D eigenvalue weighted by Gasteiger charge is -2.21. The Hall–Kier alpha value is -2.95. The predicted octanol–water partition coefficient (Wildman–Crippen LogP) is 4.66. The zero-order valence-corrected chi connectivity index (χ0v) is 16.8. The first-order valence-corrected chi connectivity index (χ1v) is 8.67. The lowest BCUT2D eigenvalue weighted by molar-refractivity contribution is -0.111. The summed E-state index contributed by atoms with van der Waals surface area (Å²) >= 11 is 0. The molecule has 27 heavy (non-hydrogen) atoms. The predicted molar refractivity (Wildman–Crippen MR) is 109 cm³/mol. The molecule has 2 aromatic rings. The molecule has 5 heteroatoms. The van der Waals surface area contributed by atoms with Gasteiger partial charge in [-0.1, -0.05) is 26.8 Å². The van der Waals surface area contributed by atoms with E-state index in [1.807, 2.05) is 30.3 Å². The molecular formula is C22H27NO4. The number of carbonyl (C=O) groups excluding carboxylic acids is 1. The zero-order valence-electron chi connectivity index (χ0n) is 16.8. The summed E-state index contributed by atoms with van der Waals surface area (Å²) in [7, 11) is 4.76. The average molecular weight is 369 g/mol. The van der Waals surface area contributed by atoms with Gasteiger partial charge in [0.25, 0.3) is 0 Å². The van der Waals surface area contributed by atoms with Crippen LogP contribution in [0, 0.1) is 0 Å². The molecule has 0 saturated carbocycles. The van der Waals surface area contributed by atoms with Gasteiger partial charge in [-0.25, -0.2) is 0 Å². The van der Waals surface area contributed by atoms with Crippen molar-refractivity contribution < 1.29 is 19.0 Å². The van der Waals surface area contributed by atoms with Gasteiger partial charge in [-0.05, 0) is 46.9 Å². The Morgan fingerprint density at radius 3 is 2.07 bits per heavy atom. The van der Waals surface area contributed by atoms with Crippen molar-refractivity contribution in [1.29, 1.82) is 0 Å². The maximum absolute atomic E-state index is 12.4. The monoisotopic (exact) mass is 369 g/mol. The van der Waals surface area contributed by atoms with Gasteiger partial charge in [0.05, 0.1) is 27.0 Å². The number of amides is 1. The molecular weight excluding hydrogens is 342 g/mol. The van der Waals surface area contributed by atoms with Gasteiger partial charge in [0.2, 0.25) is 5.91 Å². The molecule has 0 aliphatic rings. The summed E-state index contributed by atoms with van der Waals surface area (Å²) in [5.74, 6) is 1.69. The minimum atomic E-state index is -0.249. The van der Waals surface area contributed by atoms with Crippen LogP contribution in [0.2, 0.25) is 0 Å². The molecule has 0 unspecified atom stereocenters. The van der Waals surface area contributed by atoms with Crippen molar-refractivity contribution in [1.82, 2.24) is 0 Å². The van der Waals surface area contributed by atoms with Crippen LogP contribution >= 0.6 is 0 Å². The van der Waals surface area contributed by atoms with Gasteiger partial charge in [0.15, 0.2) is 0 Å². The number of rotatable bonds is 6. The molecule has 1 N–H and O–H groups in total. The van der Waals surface area contributed by atoms with E-state index in [9.17, 15) is 4.79 Å². The van der Waals surface area contributed by atoms with Crippen LogP contribution in [0.5, 0.6) is 17.2 Å². The molecule has 0 spiro atoms. The van der Waals surface area contributed by atoms with E-state index >= 15 is 0 Å². The standard InChI is InChI=1S/C22H27NO4/c1-22(2,3)16-8-9-20(27-6)19(13-16)23-21(24)10-7-15-11-17(25-4)14-18(12-15)26-5/h7-14H,1-6H3,(H,23,24)/b10-7+. The molecule has 0 radical (unpaired) electrons. The largest absolute Gasteiger partial charge is 0.497 e. The van der Waals surface area contributed by atoms with Crippen molar-refractivity contribution in [2.24, 2.45) is 0 Å². The third-order valence-corrected chi connectivity index (χ3v) is 4.12. The van der Waals surface area contributed by atoms with Crippen molar-refractivity contribution in [3.8, 4) is 17.2 Å². The van der Waals surface area contributed by atoms with Crippen LogP contribution in [0.3, 0.4) is 0 Å². The molecule has 144 valence electrons. The summed E-state index contributed by atoms with van der Waals surface area (Å²) in [6.45, 7) is 6.36. The van der Waals surface area contributed by atoms with Gasteiger partial charge in [-0.2, -0.15) is 0 Å². The molecule has 1 amide bonds. The number of nitrogens with one attached hydrogen (secondary N) is 1. The fourth-order valence-corrected chi connectivity index (χ4v) is 2.54. The molecule has 5 nitrogen and oxygen atoms in total. The van der Waals surface area contributed by atoms with Crippen LogP contribution in [-0.2, 0) is 10.2 Å². The third-order valence-electron chi connectivity index (χ3n) is 4.12. The summed E-state index contributed by atoms with van der Waals surface area (Å²) in [5, 5.41) is 2.89. The van der Waals surface area contributed by atoms with E-state index in [1.54, 1.807) is 33.5 Å². The highest BCUT2D eigenvalue weighted by molar-refractivity contribution is 6.02. The van der Waals surface area contributed by atoms with Gasteiger partial charge < -0.3 is 19.5 Å². The smallest absolute Gasteiger partial charge is 0.248 e. The van der Waals surface area contributed by atoms with Crippen molar-refractivity contribution in [3.05, 3.63) is 53.6 Å². The Labute approximate surface area is 161 Å². The van der Waals surface area contributed by atoms with Gasteiger partial charge >= 0.3 is 0 Å². The summed E-state index contributed by atoms with van der Waals surface area (Å²) < 4.78 is 15.9. The SMILES string of the molecule is COc1cc(/C=C/C(=O)Nc2cc(C(C)(C)C)ccc2OC)cc(OC)c1. The second-order valence-corrected chi connectivity index (χ2v) is 7.13. The van der Waals surface area contributed by atoms with E-state index in [2.05, 4.69) is 26.1 Å². The van der Waals surface area contributed by atoms with Gasteiger partial charge in [-0.15, -0.1) is 0 Å². The second-order valence-electron chi connectivity index (χ2n) is 7.13. The molecule has 0 aromatic heterocycles. The van der Waals surface area contributed by atoms with Gasteiger partial charge in [-0.3, -0.25) is 4.79 Å². The number of anilines is 1. The highest BCUT2D eigenvalue weighted by Crippen LogP contribution is 2.31. The van der Waals surface area contributed by atoms with Crippen molar-refractivity contribution in [3.63, 3.8) is 0 Å². The molecule has 2 aromatic carbocycles. The Kier molecular flexibility index (Phi) is 6.50. The van der Waals surface area contributed by atoms with Crippen LogP contribution in [0.1, 0.15) is 31.9 Å². The maximum atomic E-state index is 12.4. The van der Waals surface area contributed by atoms with E-state index in [0.717, 1.165) is 11.1 Å². The number of hydrogen-bond donors (Lipinski definition) is 1. The van der Waals surface area contributed by atoms with Crippen LogP contribution in [0.4, 0.5) is 5.69 Å². The Morgan fingerprint density at radius 2 is 1.56 bits per heavy atom. The minimum Gasteiger partial charge on any atom is -0.497 e. The van der Waals surface area contributed by atoms with Gasteiger partial charge in [0, 0.05) is 12.1 Å². The molecule has 0 aliphatic heterocycles. The summed E-state index contributed by atoms with van der Waals surface area (Å²) in [6, 6.07) is 11.2. The van der Waals surface area contributed by atoms with E-state index in [4.69, 9.17) is 14.2 Å². The average Bonchev–Trinajstić information content (AvgIpc) is 2.65. The summed E-state index contributed by atoms with van der Waals surface area (Å²) in [4.78, 5) is 12.4. The summed E-state index contributed by atoms with van der Waals surface area (Å²) in [6.07, 6.45) is 3.18. The maximum Gasteiger partial charge on any atom is 0.248 e. The lowest BCUT2D eigenvalue weighted by Crippen LogP contribution is -2.14. The van der Waals surface area contributed by atoms with Crippen LogP contribution in [0.25, 0.3) is 6.08 Å². The fourth-order valence-electron chi connectivity index (χ4n) is 2.54. The molecule has 0 atom stereocenters. The number of carbonyl (C=O) groups is 1. The third kappa shape index (κ3) is 5.51. The number of benzene rings is 2. The van der Waals surface area contributed by atoms with Crippen LogP contribution in [0.15, 0.2) is 42.5 Å². The van der Waals surface area contributed by atoms with E-state index < -0.39 is 0 Å². The Balaban J connectivity index is 2.21. The first-order valence-electron chi connectivity index (χ1n) is 8.67. The van der Waals surface area contributed by atoms with Crippen molar-refractivity contribution >= 4 is 17.7 Å². The number of hydrogen-bond acceptors (Lipinski definition) is 4. The lowest BCUT2D eigenvalue weighted by atomic mass is 9.87.